The van der Waals surface area contributed by atoms with Gasteiger partial charge in [-0.2, -0.15) is 11.8 Å². The van der Waals surface area contributed by atoms with E-state index < -0.39 is 0 Å². The molecule has 2 N–H and O–H groups in total. The smallest absolute Gasteiger partial charge is 0.191 e. The van der Waals surface area contributed by atoms with Crippen LogP contribution in [-0.4, -0.2) is 37.3 Å². The van der Waals surface area contributed by atoms with Crippen LogP contribution in [0.5, 0.6) is 0 Å². The summed E-state index contributed by atoms with van der Waals surface area (Å²) >= 11 is 3.62. The molecule has 1 aromatic carbocycles. The fourth-order valence-corrected chi connectivity index (χ4v) is 2.76. The second kappa shape index (κ2) is 12.5. The maximum atomic E-state index is 4.67. The summed E-state index contributed by atoms with van der Waals surface area (Å²) in [5.41, 5.74) is 2.58. The molecule has 0 atom stereocenters. The van der Waals surface area contributed by atoms with Gasteiger partial charge in [0.2, 0.25) is 0 Å². The quantitative estimate of drug-likeness (QED) is 0.223. The van der Waals surface area contributed by atoms with Crippen LogP contribution in [0.1, 0.15) is 18.1 Å². The zero-order valence-corrected chi connectivity index (χ0v) is 17.2. The van der Waals surface area contributed by atoms with Crippen LogP contribution in [0.2, 0.25) is 0 Å². The molecule has 0 aliphatic carbocycles. The van der Waals surface area contributed by atoms with Gasteiger partial charge < -0.3 is 10.6 Å². The highest BCUT2D eigenvalue weighted by atomic mass is 127. The summed E-state index contributed by atoms with van der Waals surface area (Å²) in [7, 11) is 0. The number of hydrogen-bond donors (Lipinski definition) is 2. The summed E-state index contributed by atoms with van der Waals surface area (Å²) < 4.78 is 0. The monoisotopic (exact) mass is 439 g/mol. The third-order valence-electron chi connectivity index (χ3n) is 2.79. The Hall–Kier alpha value is -0.0800. The molecule has 0 radical (unpaired) electrons. The number of aliphatic imine (C=N–C) groups is 1. The van der Waals surface area contributed by atoms with Crippen molar-refractivity contribution >= 4 is 53.5 Å². The number of aryl methyl sites for hydroxylation is 1. The number of benzene rings is 1. The van der Waals surface area contributed by atoms with Crippen LogP contribution in [0.4, 0.5) is 0 Å². The molecular weight excluding hydrogens is 413 g/mol. The fourth-order valence-electron chi connectivity index (χ4n) is 1.76. The Morgan fingerprint density at radius 1 is 1.24 bits per heavy atom. The molecular formula is C15H26IN3S2. The Morgan fingerprint density at radius 2 is 2.00 bits per heavy atom. The van der Waals surface area contributed by atoms with E-state index in [-0.39, 0.29) is 24.0 Å². The second-order valence-corrected chi connectivity index (χ2v) is 6.26. The number of rotatable bonds is 7. The van der Waals surface area contributed by atoms with E-state index in [1.54, 1.807) is 11.8 Å². The average Bonchev–Trinajstić information content (AvgIpc) is 2.45. The highest BCUT2D eigenvalue weighted by Gasteiger charge is 2.02. The molecule has 1 rings (SSSR count). The molecule has 0 aliphatic rings. The first-order valence-electron chi connectivity index (χ1n) is 6.85. The number of thioether (sulfide) groups is 2. The Bertz CT molecular complexity index is 439. The summed E-state index contributed by atoms with van der Waals surface area (Å²) in [5, 5.41) is 6.64. The molecule has 0 fully saturated rings. The van der Waals surface area contributed by atoms with Gasteiger partial charge in [0.15, 0.2) is 5.96 Å². The minimum absolute atomic E-state index is 0. The Labute approximate surface area is 154 Å². The maximum absolute atomic E-state index is 4.67. The van der Waals surface area contributed by atoms with Gasteiger partial charge in [0, 0.05) is 23.7 Å². The molecule has 120 valence electrons. The summed E-state index contributed by atoms with van der Waals surface area (Å²) in [6.45, 7) is 6.75. The van der Waals surface area contributed by atoms with Gasteiger partial charge in [0.05, 0.1) is 6.54 Å². The van der Waals surface area contributed by atoms with Crippen molar-refractivity contribution in [1.82, 2.24) is 10.6 Å². The molecule has 0 aromatic heterocycles. The van der Waals surface area contributed by atoms with Crippen molar-refractivity contribution in [1.29, 1.82) is 0 Å². The van der Waals surface area contributed by atoms with Crippen LogP contribution in [-0.2, 0) is 6.54 Å². The molecule has 0 bridgehead atoms. The van der Waals surface area contributed by atoms with Crippen molar-refractivity contribution in [3.05, 3.63) is 29.3 Å². The van der Waals surface area contributed by atoms with Crippen molar-refractivity contribution in [3.63, 3.8) is 0 Å². The predicted molar refractivity (Wildman–Crippen MR) is 110 cm³/mol. The van der Waals surface area contributed by atoms with Gasteiger partial charge in [0.25, 0.3) is 0 Å². The largest absolute Gasteiger partial charge is 0.357 e. The summed E-state index contributed by atoms with van der Waals surface area (Å²) in [5.74, 6) is 1.99. The van der Waals surface area contributed by atoms with E-state index in [1.165, 1.54) is 16.0 Å². The first-order valence-corrected chi connectivity index (χ1v) is 9.47. The SMILES string of the molecule is CCNC(=NCc1ccc(C)cc1SC)NCCSC.I. The highest BCUT2D eigenvalue weighted by molar-refractivity contribution is 14.0. The van der Waals surface area contributed by atoms with Crippen LogP contribution >= 0.6 is 47.5 Å². The van der Waals surface area contributed by atoms with Gasteiger partial charge in [0.1, 0.15) is 0 Å². The molecule has 0 spiro atoms. The topological polar surface area (TPSA) is 36.4 Å². The van der Waals surface area contributed by atoms with E-state index in [0.29, 0.717) is 6.54 Å². The zero-order chi connectivity index (χ0) is 14.8. The lowest BCUT2D eigenvalue weighted by Gasteiger charge is -2.11. The van der Waals surface area contributed by atoms with Crippen LogP contribution in [0.15, 0.2) is 28.1 Å². The average molecular weight is 439 g/mol. The third-order valence-corrected chi connectivity index (χ3v) is 4.23. The molecule has 3 nitrogen and oxygen atoms in total. The van der Waals surface area contributed by atoms with Crippen molar-refractivity contribution in [2.75, 3.05) is 31.4 Å². The Morgan fingerprint density at radius 3 is 2.62 bits per heavy atom. The van der Waals surface area contributed by atoms with E-state index in [0.717, 1.165) is 24.8 Å². The lowest BCUT2D eigenvalue weighted by Crippen LogP contribution is -2.38. The first kappa shape index (κ1) is 20.9. The van der Waals surface area contributed by atoms with Gasteiger partial charge in [-0.1, -0.05) is 12.1 Å². The number of hydrogen-bond acceptors (Lipinski definition) is 3. The van der Waals surface area contributed by atoms with Gasteiger partial charge in [-0.05, 0) is 43.6 Å². The van der Waals surface area contributed by atoms with Gasteiger partial charge in [-0.3, -0.25) is 0 Å². The number of nitrogens with zero attached hydrogens (tertiary/aromatic N) is 1. The third kappa shape index (κ3) is 8.21. The van der Waals surface area contributed by atoms with Gasteiger partial charge >= 0.3 is 0 Å². The van der Waals surface area contributed by atoms with Crippen LogP contribution < -0.4 is 10.6 Å². The number of nitrogens with one attached hydrogen (secondary N) is 2. The summed E-state index contributed by atoms with van der Waals surface area (Å²) in [4.78, 5) is 5.98. The van der Waals surface area contributed by atoms with E-state index in [1.807, 2.05) is 11.8 Å². The Kier molecular flexibility index (Phi) is 12.4. The van der Waals surface area contributed by atoms with Crippen molar-refractivity contribution in [3.8, 4) is 0 Å². The molecule has 1 aromatic rings. The molecule has 0 aliphatic heterocycles. The minimum Gasteiger partial charge on any atom is -0.357 e. The lowest BCUT2D eigenvalue weighted by molar-refractivity contribution is 0.840. The molecule has 0 saturated carbocycles. The molecule has 21 heavy (non-hydrogen) atoms. The first-order chi connectivity index (χ1) is 9.71. The van der Waals surface area contributed by atoms with Crippen molar-refractivity contribution in [2.45, 2.75) is 25.3 Å². The van der Waals surface area contributed by atoms with E-state index in [2.05, 4.69) is 60.2 Å². The fraction of sp³-hybridized carbons (Fsp3) is 0.533. The summed E-state index contributed by atoms with van der Waals surface area (Å²) in [6, 6.07) is 6.55. The van der Waals surface area contributed by atoms with E-state index in [9.17, 15) is 0 Å². The Balaban J connectivity index is 0.00000400. The lowest BCUT2D eigenvalue weighted by atomic mass is 10.1. The standard InChI is InChI=1S/C15H25N3S2.HI/c1-5-16-15(17-8-9-19-3)18-11-13-7-6-12(2)10-14(13)20-4;/h6-7,10H,5,8-9,11H2,1-4H3,(H2,16,17,18);1H. The molecule has 6 heteroatoms. The normalized spacial score (nSPS) is 11.0. The van der Waals surface area contributed by atoms with Gasteiger partial charge in [-0.25, -0.2) is 4.99 Å². The van der Waals surface area contributed by atoms with Crippen LogP contribution in [0, 0.1) is 6.92 Å². The number of halogens is 1. The highest BCUT2D eigenvalue weighted by Crippen LogP contribution is 2.22. The molecule has 0 heterocycles. The van der Waals surface area contributed by atoms with Crippen LogP contribution in [0.25, 0.3) is 0 Å². The van der Waals surface area contributed by atoms with E-state index >= 15 is 0 Å². The maximum Gasteiger partial charge on any atom is 0.191 e. The minimum atomic E-state index is 0. The van der Waals surface area contributed by atoms with Crippen LogP contribution in [0.3, 0.4) is 0 Å². The summed E-state index contributed by atoms with van der Waals surface area (Å²) in [6.07, 6.45) is 4.23. The molecule has 0 saturated heterocycles. The van der Waals surface area contributed by atoms with Crippen molar-refractivity contribution in [2.24, 2.45) is 4.99 Å². The molecule has 0 amide bonds. The van der Waals surface area contributed by atoms with Gasteiger partial charge in [-0.15, -0.1) is 35.7 Å². The zero-order valence-electron chi connectivity index (χ0n) is 13.2. The second-order valence-electron chi connectivity index (χ2n) is 4.43. The predicted octanol–water partition coefficient (Wildman–Crippen LogP) is 3.75. The number of guanidine groups is 1. The molecule has 0 unspecified atom stereocenters. The van der Waals surface area contributed by atoms with Crippen molar-refractivity contribution < 1.29 is 0 Å². The van der Waals surface area contributed by atoms with E-state index in [4.69, 9.17) is 0 Å².